The molecular formula is C20H17N3O2. The number of nitrogens with one attached hydrogen (secondary N) is 1. The zero-order valence-corrected chi connectivity index (χ0v) is 13.4. The summed E-state index contributed by atoms with van der Waals surface area (Å²) in [5, 5.41) is 14.4. The number of nitrogens with zero attached hydrogens (tertiary/aromatic N) is 2. The van der Waals surface area contributed by atoms with Crippen molar-refractivity contribution in [2.24, 2.45) is 5.10 Å². The van der Waals surface area contributed by atoms with Gasteiger partial charge in [0.25, 0.3) is 5.91 Å². The highest BCUT2D eigenvalue weighted by Crippen LogP contribution is 2.13. The van der Waals surface area contributed by atoms with E-state index in [9.17, 15) is 9.90 Å². The summed E-state index contributed by atoms with van der Waals surface area (Å²) in [5.74, 6) is -0.601. The van der Waals surface area contributed by atoms with Crippen molar-refractivity contribution in [1.29, 1.82) is 0 Å². The van der Waals surface area contributed by atoms with Gasteiger partial charge in [0.1, 0.15) is 5.71 Å². The first-order chi connectivity index (χ1) is 12.3. The second-order valence-electron chi connectivity index (χ2n) is 5.33. The molecule has 0 aliphatic heterocycles. The highest BCUT2D eigenvalue weighted by Gasteiger charge is 2.17. The number of amides is 1. The predicted molar refractivity (Wildman–Crippen MR) is 95.9 cm³/mol. The Hall–Kier alpha value is -3.31. The number of hydrazone groups is 1. The van der Waals surface area contributed by atoms with E-state index in [0.29, 0.717) is 17.0 Å². The van der Waals surface area contributed by atoms with Crippen LogP contribution in [0.1, 0.15) is 22.9 Å². The van der Waals surface area contributed by atoms with Crippen LogP contribution in [0.3, 0.4) is 0 Å². The fraction of sp³-hybridized carbons (Fsp3) is 0.0500. The first-order valence-electron chi connectivity index (χ1n) is 7.83. The number of benzene rings is 2. The summed E-state index contributed by atoms with van der Waals surface area (Å²) in [6.07, 6.45) is 0.375. The van der Waals surface area contributed by atoms with Crippen molar-refractivity contribution in [3.63, 3.8) is 0 Å². The van der Waals surface area contributed by atoms with Gasteiger partial charge in [0.05, 0.1) is 5.69 Å². The van der Waals surface area contributed by atoms with E-state index in [1.54, 1.807) is 30.5 Å². The number of aliphatic hydroxyl groups is 1. The molecule has 0 aliphatic rings. The minimum absolute atomic E-state index is 0.509. The van der Waals surface area contributed by atoms with Crippen molar-refractivity contribution >= 4 is 11.6 Å². The van der Waals surface area contributed by atoms with Crippen molar-refractivity contribution in [3.8, 4) is 0 Å². The van der Waals surface area contributed by atoms with Crippen LogP contribution in [0, 0.1) is 0 Å². The first-order valence-corrected chi connectivity index (χ1v) is 7.83. The molecule has 5 heteroatoms. The average Bonchev–Trinajstić information content (AvgIpc) is 2.70. The summed E-state index contributed by atoms with van der Waals surface area (Å²) in [7, 11) is 0. The van der Waals surface area contributed by atoms with Crippen LogP contribution in [-0.4, -0.2) is 21.7 Å². The van der Waals surface area contributed by atoms with E-state index in [0.717, 1.165) is 5.56 Å². The molecule has 0 bridgehead atoms. The smallest absolute Gasteiger partial charge is 0.273 e. The van der Waals surface area contributed by atoms with Gasteiger partial charge in [-0.15, -0.1) is 0 Å². The molecule has 2 N–H and O–H groups in total. The second kappa shape index (κ2) is 7.99. The van der Waals surface area contributed by atoms with Gasteiger partial charge in [-0.2, -0.15) is 5.10 Å². The number of carbonyl (C=O) groups excluding carboxylic acids is 1. The number of aromatic nitrogens is 1. The lowest BCUT2D eigenvalue weighted by molar-refractivity contribution is -0.129. The fourth-order valence-corrected chi connectivity index (χ4v) is 2.33. The van der Waals surface area contributed by atoms with Crippen molar-refractivity contribution in [2.45, 2.75) is 6.10 Å². The Balaban J connectivity index is 1.85. The van der Waals surface area contributed by atoms with Crippen LogP contribution in [-0.2, 0) is 4.79 Å². The maximum Gasteiger partial charge on any atom is 0.273 e. The normalized spacial score (nSPS) is 12.4. The van der Waals surface area contributed by atoms with E-state index in [1.165, 1.54) is 0 Å². The van der Waals surface area contributed by atoms with Gasteiger partial charge in [0, 0.05) is 11.8 Å². The van der Waals surface area contributed by atoms with Crippen molar-refractivity contribution in [3.05, 3.63) is 102 Å². The van der Waals surface area contributed by atoms with Crippen LogP contribution in [0.4, 0.5) is 0 Å². The lowest BCUT2D eigenvalue weighted by Gasteiger charge is -2.11. The molecule has 2 aromatic carbocycles. The molecule has 3 rings (SSSR count). The zero-order chi connectivity index (χ0) is 17.5. The molecule has 124 valence electrons. The minimum Gasteiger partial charge on any atom is -0.378 e. The van der Waals surface area contributed by atoms with Crippen LogP contribution in [0.15, 0.2) is 90.2 Å². The Morgan fingerprint density at radius 1 is 0.920 bits per heavy atom. The Kier molecular flexibility index (Phi) is 5.29. The van der Waals surface area contributed by atoms with Gasteiger partial charge in [-0.05, 0) is 17.7 Å². The molecule has 0 saturated heterocycles. The van der Waals surface area contributed by atoms with E-state index in [-0.39, 0.29) is 0 Å². The Morgan fingerprint density at radius 2 is 1.56 bits per heavy atom. The van der Waals surface area contributed by atoms with Gasteiger partial charge in [-0.25, -0.2) is 5.43 Å². The Morgan fingerprint density at radius 3 is 2.20 bits per heavy atom. The molecule has 3 aromatic rings. The van der Waals surface area contributed by atoms with Gasteiger partial charge in [0.2, 0.25) is 0 Å². The SMILES string of the molecule is O=C(N/N=C(/c1ccccc1)c1ccccn1)C(O)c1ccccc1. The highest BCUT2D eigenvalue weighted by molar-refractivity contribution is 6.11. The van der Waals surface area contributed by atoms with E-state index in [1.807, 2.05) is 54.6 Å². The van der Waals surface area contributed by atoms with Gasteiger partial charge < -0.3 is 5.11 Å². The zero-order valence-electron chi connectivity index (χ0n) is 13.4. The van der Waals surface area contributed by atoms with Crippen LogP contribution >= 0.6 is 0 Å². The van der Waals surface area contributed by atoms with Gasteiger partial charge >= 0.3 is 0 Å². The molecule has 0 fully saturated rings. The van der Waals surface area contributed by atoms with Gasteiger partial charge in [0.15, 0.2) is 6.10 Å². The van der Waals surface area contributed by atoms with E-state index < -0.39 is 12.0 Å². The van der Waals surface area contributed by atoms with Crippen molar-refractivity contribution < 1.29 is 9.90 Å². The largest absolute Gasteiger partial charge is 0.378 e. The number of carbonyl (C=O) groups is 1. The molecule has 0 aliphatic carbocycles. The molecule has 1 heterocycles. The number of aliphatic hydroxyl groups excluding tert-OH is 1. The van der Waals surface area contributed by atoms with Crippen LogP contribution < -0.4 is 5.43 Å². The summed E-state index contributed by atoms with van der Waals surface area (Å²) in [6, 6.07) is 23.6. The van der Waals surface area contributed by atoms with Gasteiger partial charge in [-0.1, -0.05) is 66.7 Å². The van der Waals surface area contributed by atoms with Gasteiger partial charge in [-0.3, -0.25) is 9.78 Å². The number of hydrogen-bond donors (Lipinski definition) is 2. The quantitative estimate of drug-likeness (QED) is 0.557. The Bertz CT molecular complexity index is 808. The first kappa shape index (κ1) is 16.5. The van der Waals surface area contributed by atoms with E-state index >= 15 is 0 Å². The average molecular weight is 331 g/mol. The maximum atomic E-state index is 12.2. The Labute approximate surface area is 145 Å². The predicted octanol–water partition coefficient (Wildman–Crippen LogP) is 2.68. The highest BCUT2D eigenvalue weighted by atomic mass is 16.3. The van der Waals surface area contributed by atoms with E-state index in [4.69, 9.17) is 0 Å². The molecular weight excluding hydrogens is 314 g/mol. The molecule has 1 atom stereocenters. The monoisotopic (exact) mass is 331 g/mol. The number of hydrogen-bond acceptors (Lipinski definition) is 4. The van der Waals surface area contributed by atoms with E-state index in [2.05, 4.69) is 15.5 Å². The number of rotatable bonds is 5. The summed E-state index contributed by atoms with van der Waals surface area (Å²) >= 11 is 0. The molecule has 1 aromatic heterocycles. The van der Waals surface area contributed by atoms with Crippen LogP contribution in [0.25, 0.3) is 0 Å². The molecule has 5 nitrogen and oxygen atoms in total. The lowest BCUT2D eigenvalue weighted by Crippen LogP contribution is -2.26. The molecule has 0 radical (unpaired) electrons. The third-order valence-electron chi connectivity index (χ3n) is 3.60. The van der Waals surface area contributed by atoms with Crippen molar-refractivity contribution in [2.75, 3.05) is 0 Å². The second-order valence-corrected chi connectivity index (χ2v) is 5.33. The molecule has 0 saturated carbocycles. The minimum atomic E-state index is -1.29. The third kappa shape index (κ3) is 4.16. The molecule has 1 unspecified atom stereocenters. The summed E-state index contributed by atoms with van der Waals surface area (Å²) < 4.78 is 0. The third-order valence-corrected chi connectivity index (χ3v) is 3.60. The maximum absolute atomic E-state index is 12.2. The lowest BCUT2D eigenvalue weighted by atomic mass is 10.1. The fourth-order valence-electron chi connectivity index (χ4n) is 2.33. The molecule has 25 heavy (non-hydrogen) atoms. The molecule has 1 amide bonds. The summed E-state index contributed by atoms with van der Waals surface area (Å²) in [5.41, 5.74) is 4.91. The standard InChI is InChI=1S/C20H17N3O2/c24-19(16-11-5-2-6-12-16)20(25)23-22-18(15-9-3-1-4-10-15)17-13-7-8-14-21-17/h1-14,19,24H,(H,23,25)/b22-18-. The van der Waals surface area contributed by atoms with Crippen LogP contribution in [0.2, 0.25) is 0 Å². The number of pyridine rings is 1. The van der Waals surface area contributed by atoms with Crippen molar-refractivity contribution in [1.82, 2.24) is 10.4 Å². The summed E-state index contributed by atoms with van der Waals surface area (Å²) in [4.78, 5) is 16.5. The summed E-state index contributed by atoms with van der Waals surface area (Å²) in [6.45, 7) is 0. The molecule has 0 spiro atoms. The van der Waals surface area contributed by atoms with Crippen LogP contribution in [0.5, 0.6) is 0 Å². The topological polar surface area (TPSA) is 74.6 Å².